The lowest BCUT2D eigenvalue weighted by Gasteiger charge is -2.11. The highest BCUT2D eigenvalue weighted by molar-refractivity contribution is 7.46. The van der Waals surface area contributed by atoms with Gasteiger partial charge in [0.25, 0.3) is 0 Å². The Bertz CT molecular complexity index is 301. The molecule has 0 radical (unpaired) electrons. The Morgan fingerprint density at radius 2 is 2.00 bits per heavy atom. The van der Waals surface area contributed by atoms with E-state index in [1.54, 1.807) is 19.9 Å². The summed E-state index contributed by atoms with van der Waals surface area (Å²) in [7, 11) is -4.45. The Kier molecular flexibility index (Phi) is 7.39. The van der Waals surface area contributed by atoms with Gasteiger partial charge in [-0.05, 0) is 38.3 Å². The third-order valence-electron chi connectivity index (χ3n) is 2.13. The average molecular weight is 248 g/mol. The maximum absolute atomic E-state index is 10.7. The molecule has 0 aromatic rings. The number of phosphoric acid groups is 1. The van der Waals surface area contributed by atoms with E-state index in [2.05, 4.69) is 11.4 Å². The van der Waals surface area contributed by atoms with Crippen LogP contribution in [0.3, 0.4) is 0 Å². The lowest BCUT2D eigenvalue weighted by molar-refractivity contribution is 0.245. The van der Waals surface area contributed by atoms with Gasteiger partial charge in [-0.15, -0.1) is 0 Å². The minimum atomic E-state index is -4.45. The van der Waals surface area contributed by atoms with Crippen LogP contribution in [0.4, 0.5) is 0 Å². The zero-order valence-corrected chi connectivity index (χ0v) is 11.0. The van der Waals surface area contributed by atoms with E-state index in [4.69, 9.17) is 9.79 Å². The van der Waals surface area contributed by atoms with Crippen molar-refractivity contribution in [1.29, 1.82) is 0 Å². The van der Waals surface area contributed by atoms with Crippen LogP contribution in [0.1, 0.15) is 46.5 Å². The van der Waals surface area contributed by atoms with Crippen LogP contribution in [-0.4, -0.2) is 9.79 Å². The smallest absolute Gasteiger partial charge is 0.404 e. The van der Waals surface area contributed by atoms with Crippen LogP contribution in [0, 0.1) is 0 Å². The first kappa shape index (κ1) is 15.4. The van der Waals surface area contributed by atoms with Crippen LogP contribution in [0.25, 0.3) is 0 Å². The standard InChI is InChI=1S/C11H21O4P/c1-4-6-7-8-9-10(3)11(5-2)15-16(12,13)14/h5,9H,4,6-8H2,1-3H3,(H2,12,13,14). The Morgan fingerprint density at radius 1 is 1.38 bits per heavy atom. The van der Waals surface area contributed by atoms with Crippen molar-refractivity contribution in [2.24, 2.45) is 0 Å². The van der Waals surface area contributed by atoms with Crippen molar-refractivity contribution in [3.05, 3.63) is 23.5 Å². The fourth-order valence-corrected chi connectivity index (χ4v) is 1.80. The second-order valence-electron chi connectivity index (χ2n) is 3.62. The molecular formula is C11H21O4P. The molecule has 0 aliphatic heterocycles. The summed E-state index contributed by atoms with van der Waals surface area (Å²) in [6.45, 7) is 5.61. The van der Waals surface area contributed by atoms with Crippen LogP contribution >= 0.6 is 7.82 Å². The predicted octanol–water partition coefficient (Wildman–Crippen LogP) is 3.53. The molecule has 0 heterocycles. The second kappa shape index (κ2) is 7.66. The van der Waals surface area contributed by atoms with Gasteiger partial charge in [-0.1, -0.05) is 25.8 Å². The van der Waals surface area contributed by atoms with Gasteiger partial charge in [0, 0.05) is 0 Å². The molecule has 5 heteroatoms. The molecule has 0 aromatic carbocycles. The summed E-state index contributed by atoms with van der Waals surface area (Å²) in [5.41, 5.74) is 0.766. The van der Waals surface area contributed by atoms with Crippen molar-refractivity contribution >= 4 is 7.82 Å². The van der Waals surface area contributed by atoms with Gasteiger partial charge in [-0.25, -0.2) is 4.57 Å². The number of unbranched alkanes of at least 4 members (excludes halogenated alkanes) is 3. The van der Waals surface area contributed by atoms with Crippen molar-refractivity contribution in [3.8, 4) is 0 Å². The highest BCUT2D eigenvalue weighted by Crippen LogP contribution is 2.40. The van der Waals surface area contributed by atoms with Gasteiger partial charge in [-0.3, -0.25) is 9.79 Å². The number of allylic oxidation sites excluding steroid dienone is 3. The van der Waals surface area contributed by atoms with E-state index in [-0.39, 0.29) is 5.76 Å². The number of hydrogen-bond acceptors (Lipinski definition) is 2. The summed E-state index contributed by atoms with van der Waals surface area (Å²) < 4.78 is 15.3. The SMILES string of the molecule is CC=C(OP(=O)(O)O)C(C)=CCCCCC. The minimum absolute atomic E-state index is 0.254. The molecule has 0 fully saturated rings. The Balaban J connectivity index is 4.32. The summed E-state index contributed by atoms with van der Waals surface area (Å²) in [6.07, 6.45) is 7.81. The monoisotopic (exact) mass is 248 g/mol. The molecule has 0 aliphatic rings. The topological polar surface area (TPSA) is 66.8 Å². The molecule has 0 aliphatic carbocycles. The fraction of sp³-hybridized carbons (Fsp3) is 0.636. The van der Waals surface area contributed by atoms with Gasteiger partial charge in [-0.2, -0.15) is 0 Å². The second-order valence-corrected chi connectivity index (χ2v) is 4.78. The van der Waals surface area contributed by atoms with Crippen LogP contribution in [0.15, 0.2) is 23.5 Å². The van der Waals surface area contributed by atoms with Gasteiger partial charge in [0.2, 0.25) is 0 Å². The molecule has 16 heavy (non-hydrogen) atoms. The van der Waals surface area contributed by atoms with Gasteiger partial charge >= 0.3 is 7.82 Å². The average Bonchev–Trinajstić information content (AvgIpc) is 2.19. The first-order valence-electron chi connectivity index (χ1n) is 5.49. The third kappa shape index (κ3) is 7.69. The number of phosphoric ester groups is 1. The van der Waals surface area contributed by atoms with Crippen molar-refractivity contribution < 1.29 is 18.9 Å². The van der Waals surface area contributed by atoms with Gasteiger partial charge in [0.15, 0.2) is 0 Å². The molecule has 94 valence electrons. The Morgan fingerprint density at radius 3 is 2.44 bits per heavy atom. The minimum Gasteiger partial charge on any atom is -0.404 e. The maximum Gasteiger partial charge on any atom is 0.524 e. The van der Waals surface area contributed by atoms with E-state index in [1.807, 2.05) is 6.08 Å². The summed E-state index contributed by atoms with van der Waals surface area (Å²) >= 11 is 0. The van der Waals surface area contributed by atoms with E-state index in [1.165, 1.54) is 0 Å². The summed E-state index contributed by atoms with van der Waals surface area (Å²) in [5.74, 6) is 0.254. The molecule has 0 rings (SSSR count). The molecule has 0 atom stereocenters. The van der Waals surface area contributed by atoms with E-state index < -0.39 is 7.82 Å². The molecule has 4 nitrogen and oxygen atoms in total. The van der Waals surface area contributed by atoms with E-state index in [9.17, 15) is 4.57 Å². The summed E-state index contributed by atoms with van der Waals surface area (Å²) in [6, 6.07) is 0. The zero-order chi connectivity index (χ0) is 12.6. The van der Waals surface area contributed by atoms with Crippen LogP contribution < -0.4 is 0 Å². The molecule has 0 amide bonds. The first-order chi connectivity index (χ1) is 7.40. The lowest BCUT2D eigenvalue weighted by atomic mass is 10.1. The van der Waals surface area contributed by atoms with Crippen molar-refractivity contribution in [2.75, 3.05) is 0 Å². The van der Waals surface area contributed by atoms with Crippen LogP contribution in [-0.2, 0) is 9.09 Å². The van der Waals surface area contributed by atoms with E-state index in [0.29, 0.717) is 0 Å². The van der Waals surface area contributed by atoms with Gasteiger partial charge < -0.3 is 4.52 Å². The maximum atomic E-state index is 10.7. The van der Waals surface area contributed by atoms with Gasteiger partial charge in [0.05, 0.1) is 0 Å². The summed E-state index contributed by atoms with van der Waals surface area (Å²) in [4.78, 5) is 17.4. The third-order valence-corrected chi connectivity index (χ3v) is 2.56. The Hall–Kier alpha value is -0.570. The molecule has 0 saturated carbocycles. The molecule has 0 aromatic heterocycles. The normalized spacial score (nSPS) is 14.1. The van der Waals surface area contributed by atoms with Crippen molar-refractivity contribution in [3.63, 3.8) is 0 Å². The molecule has 2 N–H and O–H groups in total. The largest absolute Gasteiger partial charge is 0.524 e. The van der Waals surface area contributed by atoms with E-state index in [0.717, 1.165) is 31.3 Å². The van der Waals surface area contributed by atoms with Crippen molar-refractivity contribution in [1.82, 2.24) is 0 Å². The zero-order valence-electron chi connectivity index (χ0n) is 10.1. The quantitative estimate of drug-likeness (QED) is 0.313. The Labute approximate surface area is 97.3 Å². The molecule has 0 unspecified atom stereocenters. The number of rotatable bonds is 7. The van der Waals surface area contributed by atoms with Crippen LogP contribution in [0.2, 0.25) is 0 Å². The highest BCUT2D eigenvalue weighted by atomic mass is 31.2. The molecule has 0 spiro atoms. The fourth-order valence-electron chi connectivity index (χ4n) is 1.29. The first-order valence-corrected chi connectivity index (χ1v) is 7.02. The molecule has 0 saturated heterocycles. The van der Waals surface area contributed by atoms with Crippen molar-refractivity contribution in [2.45, 2.75) is 46.5 Å². The van der Waals surface area contributed by atoms with E-state index >= 15 is 0 Å². The molecule has 0 bridgehead atoms. The predicted molar refractivity (Wildman–Crippen MR) is 64.8 cm³/mol. The lowest BCUT2D eigenvalue weighted by Crippen LogP contribution is -1.92. The molecular weight excluding hydrogens is 227 g/mol. The van der Waals surface area contributed by atoms with Gasteiger partial charge in [0.1, 0.15) is 5.76 Å². The number of hydrogen-bond donors (Lipinski definition) is 2. The van der Waals surface area contributed by atoms with Crippen LogP contribution in [0.5, 0.6) is 0 Å². The highest BCUT2D eigenvalue weighted by Gasteiger charge is 2.17. The summed E-state index contributed by atoms with van der Waals surface area (Å²) in [5, 5.41) is 0.